The summed E-state index contributed by atoms with van der Waals surface area (Å²) in [5.41, 5.74) is 0.0385. The Balaban J connectivity index is 2.52. The second kappa shape index (κ2) is 5.53. The van der Waals surface area contributed by atoms with Gasteiger partial charge in [-0.25, -0.2) is 9.69 Å². The summed E-state index contributed by atoms with van der Waals surface area (Å²) in [6.07, 6.45) is 1.88. The average Bonchev–Trinajstić information content (AvgIpc) is 2.75. The molecule has 0 atom stereocenters. The Morgan fingerprint density at radius 3 is 2.43 bits per heavy atom. The zero-order valence-electron chi connectivity index (χ0n) is 10.7. The van der Waals surface area contributed by atoms with Crippen LogP contribution in [0.15, 0.2) is 24.4 Å². The first-order valence-corrected chi connectivity index (χ1v) is 5.95. The Morgan fingerprint density at radius 2 is 1.90 bits per heavy atom. The van der Waals surface area contributed by atoms with Gasteiger partial charge in [0, 0.05) is 18.9 Å². The van der Waals surface area contributed by atoms with Gasteiger partial charge >= 0.3 is 5.97 Å². The lowest BCUT2D eigenvalue weighted by Crippen LogP contribution is -2.30. The van der Waals surface area contributed by atoms with Crippen molar-refractivity contribution in [3.8, 4) is 0 Å². The fourth-order valence-corrected chi connectivity index (χ4v) is 2.01. The van der Waals surface area contributed by atoms with E-state index in [1.165, 1.54) is 18.2 Å². The Kier molecular flexibility index (Phi) is 3.79. The third-order valence-electron chi connectivity index (χ3n) is 2.93. The number of carbonyl (C=O) groups excluding carboxylic acids is 2. The highest BCUT2D eigenvalue weighted by Crippen LogP contribution is 2.28. The molecule has 1 heterocycles. The van der Waals surface area contributed by atoms with Crippen LogP contribution in [0.2, 0.25) is 0 Å². The van der Waals surface area contributed by atoms with Crippen LogP contribution >= 0.6 is 0 Å². The summed E-state index contributed by atoms with van der Waals surface area (Å²) >= 11 is 0. The van der Waals surface area contributed by atoms with Gasteiger partial charge in [-0.1, -0.05) is 6.07 Å². The van der Waals surface area contributed by atoms with Crippen LogP contribution in [0.3, 0.4) is 0 Å². The number of hydrogen-bond donors (Lipinski definition) is 1. The van der Waals surface area contributed by atoms with Crippen LogP contribution in [0.25, 0.3) is 6.08 Å². The predicted octanol–water partition coefficient (Wildman–Crippen LogP) is 1.29. The van der Waals surface area contributed by atoms with Gasteiger partial charge in [0.25, 0.3) is 0 Å². The largest absolute Gasteiger partial charge is 0.478 e. The van der Waals surface area contributed by atoms with Crippen molar-refractivity contribution >= 4 is 29.5 Å². The Labute approximate surface area is 118 Å². The number of nitrogens with zero attached hydrogens (tertiary/aromatic N) is 2. The highest BCUT2D eigenvalue weighted by Gasteiger charge is 2.33. The molecule has 2 rings (SSSR count). The van der Waals surface area contributed by atoms with E-state index in [2.05, 4.69) is 0 Å². The molecule has 108 valence electrons. The van der Waals surface area contributed by atoms with E-state index < -0.39 is 22.7 Å². The van der Waals surface area contributed by atoms with Crippen molar-refractivity contribution < 1.29 is 24.4 Å². The summed E-state index contributed by atoms with van der Waals surface area (Å²) in [6.45, 7) is 0. The summed E-state index contributed by atoms with van der Waals surface area (Å²) in [6, 6.07) is 3.83. The van der Waals surface area contributed by atoms with Crippen molar-refractivity contribution in [3.05, 3.63) is 45.6 Å². The highest BCUT2D eigenvalue weighted by atomic mass is 16.6. The third-order valence-corrected chi connectivity index (χ3v) is 2.93. The monoisotopic (exact) mass is 290 g/mol. The van der Waals surface area contributed by atoms with Gasteiger partial charge in [-0.15, -0.1) is 0 Å². The molecule has 1 aliphatic rings. The minimum absolute atomic E-state index is 0.0207. The van der Waals surface area contributed by atoms with E-state index >= 15 is 0 Å². The first-order valence-electron chi connectivity index (χ1n) is 5.95. The van der Waals surface area contributed by atoms with Gasteiger partial charge in [0.2, 0.25) is 18.0 Å². The van der Waals surface area contributed by atoms with Gasteiger partial charge in [-0.3, -0.25) is 19.7 Å². The van der Waals surface area contributed by atoms with Crippen molar-refractivity contribution in [2.75, 3.05) is 4.90 Å². The van der Waals surface area contributed by atoms with Crippen molar-refractivity contribution in [1.82, 2.24) is 0 Å². The Morgan fingerprint density at radius 1 is 1.29 bits per heavy atom. The maximum atomic E-state index is 11.7. The first-order chi connectivity index (χ1) is 9.90. The van der Waals surface area contributed by atoms with Crippen LogP contribution in [-0.4, -0.2) is 27.8 Å². The van der Waals surface area contributed by atoms with Crippen LogP contribution in [0.5, 0.6) is 0 Å². The Hall–Kier alpha value is -3.03. The number of carbonyl (C=O) groups is 3. The molecule has 2 amide bonds. The van der Waals surface area contributed by atoms with Crippen molar-refractivity contribution in [2.24, 2.45) is 0 Å². The zero-order valence-corrected chi connectivity index (χ0v) is 10.7. The molecule has 1 fully saturated rings. The first kappa shape index (κ1) is 14.4. The van der Waals surface area contributed by atoms with Crippen molar-refractivity contribution in [1.29, 1.82) is 0 Å². The van der Waals surface area contributed by atoms with E-state index in [0.29, 0.717) is 11.8 Å². The van der Waals surface area contributed by atoms with Gasteiger partial charge in [0.1, 0.15) is 0 Å². The zero-order chi connectivity index (χ0) is 15.6. The standard InChI is InChI=1S/C13H10N2O6/c16-11-3-4-12(17)15(11)10-7-8(5-6-14(20)21)1-2-9(10)13(18)19/h1-2,5-7H,3-4H2,(H,18,19)/b6-5+. The summed E-state index contributed by atoms with van der Waals surface area (Å²) in [7, 11) is 0. The van der Waals surface area contributed by atoms with E-state index in [9.17, 15) is 24.5 Å². The van der Waals surface area contributed by atoms with Crippen LogP contribution in [0.4, 0.5) is 5.69 Å². The molecule has 0 unspecified atom stereocenters. The normalized spacial score (nSPS) is 15.0. The van der Waals surface area contributed by atoms with Gasteiger partial charge in [-0.05, 0) is 17.7 Å². The lowest BCUT2D eigenvalue weighted by atomic mass is 10.1. The molecule has 0 spiro atoms. The number of rotatable bonds is 4. The molecular formula is C13H10N2O6. The molecule has 1 saturated heterocycles. The van der Waals surface area contributed by atoms with Gasteiger partial charge < -0.3 is 5.11 Å². The molecule has 8 nitrogen and oxygen atoms in total. The van der Waals surface area contributed by atoms with Crippen LogP contribution in [0.1, 0.15) is 28.8 Å². The van der Waals surface area contributed by atoms with Crippen molar-refractivity contribution in [3.63, 3.8) is 0 Å². The molecule has 0 aromatic heterocycles. The predicted molar refractivity (Wildman–Crippen MR) is 71.2 cm³/mol. The molecule has 0 radical (unpaired) electrons. The van der Waals surface area contributed by atoms with Crippen LogP contribution < -0.4 is 4.90 Å². The quantitative estimate of drug-likeness (QED) is 0.507. The number of hydrogen-bond acceptors (Lipinski definition) is 5. The minimum atomic E-state index is -1.29. The maximum Gasteiger partial charge on any atom is 0.337 e. The third kappa shape index (κ3) is 2.94. The number of amides is 2. The highest BCUT2D eigenvalue weighted by molar-refractivity contribution is 6.21. The minimum Gasteiger partial charge on any atom is -0.478 e. The lowest BCUT2D eigenvalue weighted by molar-refractivity contribution is -0.400. The fraction of sp³-hybridized carbons (Fsp3) is 0.154. The molecule has 1 aromatic rings. The summed E-state index contributed by atoms with van der Waals surface area (Å²) < 4.78 is 0. The molecule has 8 heteroatoms. The van der Waals surface area contributed by atoms with E-state index in [4.69, 9.17) is 5.11 Å². The number of carboxylic acid groups (broad SMARTS) is 1. The topological polar surface area (TPSA) is 118 Å². The van der Waals surface area contributed by atoms with E-state index in [0.717, 1.165) is 11.0 Å². The van der Waals surface area contributed by atoms with Gasteiger partial charge in [-0.2, -0.15) is 0 Å². The second-order valence-corrected chi connectivity index (χ2v) is 4.31. The van der Waals surface area contributed by atoms with E-state index in [1.807, 2.05) is 0 Å². The van der Waals surface area contributed by atoms with Crippen LogP contribution in [-0.2, 0) is 9.59 Å². The smallest absolute Gasteiger partial charge is 0.337 e. The van der Waals surface area contributed by atoms with E-state index in [1.54, 1.807) is 0 Å². The molecular weight excluding hydrogens is 280 g/mol. The summed E-state index contributed by atoms with van der Waals surface area (Å²) in [4.78, 5) is 45.1. The lowest BCUT2D eigenvalue weighted by Gasteiger charge is -2.16. The van der Waals surface area contributed by atoms with Gasteiger partial charge in [0.05, 0.1) is 16.2 Å². The fourth-order valence-electron chi connectivity index (χ4n) is 2.01. The molecule has 0 bridgehead atoms. The number of carboxylic acids is 1. The van der Waals surface area contributed by atoms with Gasteiger partial charge in [0.15, 0.2) is 0 Å². The number of benzene rings is 1. The maximum absolute atomic E-state index is 11.7. The van der Waals surface area contributed by atoms with Crippen molar-refractivity contribution in [2.45, 2.75) is 12.8 Å². The SMILES string of the molecule is O=C(O)c1ccc(/C=C/[N+](=O)[O-])cc1N1C(=O)CCC1=O. The summed E-state index contributed by atoms with van der Waals surface area (Å²) in [5, 5.41) is 19.4. The Bertz CT molecular complexity index is 663. The number of nitro groups is 1. The van der Waals surface area contributed by atoms with Crippen LogP contribution in [0, 0.1) is 10.1 Å². The molecule has 1 N–H and O–H groups in total. The second-order valence-electron chi connectivity index (χ2n) is 4.31. The number of anilines is 1. The molecule has 21 heavy (non-hydrogen) atoms. The average molecular weight is 290 g/mol. The number of aromatic carboxylic acids is 1. The molecule has 0 saturated carbocycles. The molecule has 1 aliphatic heterocycles. The molecule has 0 aliphatic carbocycles. The van der Waals surface area contributed by atoms with E-state index in [-0.39, 0.29) is 24.1 Å². The number of imide groups is 1. The molecule has 1 aromatic carbocycles. The summed E-state index contributed by atoms with van der Waals surface area (Å²) in [5.74, 6) is -2.27.